The molecule has 1 N–H and O–H groups in total. The fourth-order valence-corrected chi connectivity index (χ4v) is 3.73. The van der Waals surface area contributed by atoms with E-state index in [0.717, 1.165) is 0 Å². The number of ether oxygens (including phenoxy) is 2. The van der Waals surface area contributed by atoms with Gasteiger partial charge in [0.2, 0.25) is 5.91 Å². The summed E-state index contributed by atoms with van der Waals surface area (Å²) in [5.41, 5.74) is 0. The zero-order valence-electron chi connectivity index (χ0n) is 16.9. The molecule has 0 unspecified atom stereocenters. The first-order valence-corrected chi connectivity index (χ1v) is 11.6. The highest BCUT2D eigenvalue weighted by Crippen LogP contribution is 2.39. The van der Waals surface area contributed by atoms with Gasteiger partial charge in [-0.05, 0) is 18.1 Å². The summed E-state index contributed by atoms with van der Waals surface area (Å²) in [7, 11) is -2.18. The highest BCUT2D eigenvalue weighted by atomic mass is 28.4. The predicted molar refractivity (Wildman–Crippen MR) is 99.9 cm³/mol. The number of rotatable bonds is 5. The van der Waals surface area contributed by atoms with Crippen molar-refractivity contribution >= 4 is 26.2 Å². The van der Waals surface area contributed by atoms with Gasteiger partial charge in [-0.25, -0.2) is 0 Å². The number of hydrogen-bond donors (Lipinski definition) is 1. The van der Waals surface area contributed by atoms with Gasteiger partial charge in [-0.3, -0.25) is 14.4 Å². The third kappa shape index (κ3) is 5.95. The summed E-state index contributed by atoms with van der Waals surface area (Å²) in [6.07, 6.45) is 1.24. The molecule has 0 aromatic carbocycles. The predicted octanol–water partition coefficient (Wildman–Crippen LogP) is 2.31. The molecule has 0 heterocycles. The van der Waals surface area contributed by atoms with E-state index in [-0.39, 0.29) is 10.9 Å². The van der Waals surface area contributed by atoms with Crippen LogP contribution in [0.25, 0.3) is 0 Å². The molecule has 1 amide bonds. The van der Waals surface area contributed by atoms with Gasteiger partial charge in [0, 0.05) is 20.8 Å². The van der Waals surface area contributed by atoms with Gasteiger partial charge < -0.3 is 19.2 Å². The van der Waals surface area contributed by atoms with Crippen LogP contribution in [0.3, 0.4) is 0 Å². The van der Waals surface area contributed by atoms with Gasteiger partial charge in [0.25, 0.3) is 0 Å². The van der Waals surface area contributed by atoms with Gasteiger partial charge in [0.1, 0.15) is 6.10 Å². The van der Waals surface area contributed by atoms with Crippen molar-refractivity contribution in [3.05, 3.63) is 12.2 Å². The average Bonchev–Trinajstić information content (AvgIpc) is 2.42. The van der Waals surface area contributed by atoms with Gasteiger partial charge in [-0.1, -0.05) is 32.9 Å². The summed E-state index contributed by atoms with van der Waals surface area (Å²) in [4.78, 5) is 34.8. The van der Waals surface area contributed by atoms with Crippen LogP contribution >= 0.6 is 0 Å². The first-order chi connectivity index (χ1) is 11.7. The Balaban J connectivity index is 3.24. The van der Waals surface area contributed by atoms with E-state index in [1.54, 1.807) is 12.2 Å². The van der Waals surface area contributed by atoms with E-state index >= 15 is 0 Å². The van der Waals surface area contributed by atoms with Crippen LogP contribution in [-0.4, -0.2) is 50.5 Å². The van der Waals surface area contributed by atoms with Crippen LogP contribution in [0.5, 0.6) is 0 Å². The van der Waals surface area contributed by atoms with Crippen molar-refractivity contribution in [2.45, 2.75) is 84.0 Å². The monoisotopic (exact) mass is 385 g/mol. The SMILES string of the molecule is CC(=O)N[C@H]1C=C[C@@H](O[Si](C)(C)C(C)(C)C)[C@H](OC(C)=O)[C@@H]1OC(C)=O. The molecule has 148 valence electrons. The second kappa shape index (κ2) is 8.35. The van der Waals surface area contributed by atoms with Crippen LogP contribution in [0, 0.1) is 0 Å². The molecule has 7 nitrogen and oxygen atoms in total. The normalized spacial score (nSPS) is 26.2. The Bertz CT molecular complexity index is 581. The number of amides is 1. The lowest BCUT2D eigenvalue weighted by Gasteiger charge is -2.44. The van der Waals surface area contributed by atoms with Crippen LogP contribution in [0.1, 0.15) is 41.5 Å². The lowest BCUT2D eigenvalue weighted by molar-refractivity contribution is -0.174. The van der Waals surface area contributed by atoms with Crippen molar-refractivity contribution in [2.75, 3.05) is 0 Å². The minimum atomic E-state index is -2.18. The molecule has 0 aromatic heterocycles. The molecule has 26 heavy (non-hydrogen) atoms. The molecule has 8 heteroatoms. The van der Waals surface area contributed by atoms with E-state index in [1.807, 2.05) is 0 Å². The molecule has 0 saturated heterocycles. The van der Waals surface area contributed by atoms with Crippen LogP contribution in [-0.2, 0) is 28.3 Å². The first kappa shape index (κ1) is 22.4. The van der Waals surface area contributed by atoms with Gasteiger partial charge in [-0.15, -0.1) is 0 Å². The van der Waals surface area contributed by atoms with E-state index in [1.165, 1.54) is 20.8 Å². The average molecular weight is 386 g/mol. The summed E-state index contributed by atoms with van der Waals surface area (Å²) in [6, 6.07) is -0.597. The van der Waals surface area contributed by atoms with E-state index in [9.17, 15) is 14.4 Å². The minimum Gasteiger partial charge on any atom is -0.456 e. The summed E-state index contributed by atoms with van der Waals surface area (Å²) in [5, 5.41) is 2.67. The van der Waals surface area contributed by atoms with Gasteiger partial charge in [0.05, 0.1) is 6.04 Å². The van der Waals surface area contributed by atoms with E-state index in [4.69, 9.17) is 13.9 Å². The quantitative estimate of drug-likeness (QED) is 0.444. The number of esters is 2. The fraction of sp³-hybridized carbons (Fsp3) is 0.722. The first-order valence-electron chi connectivity index (χ1n) is 8.72. The number of carbonyl (C=O) groups excluding carboxylic acids is 3. The molecule has 0 saturated carbocycles. The number of nitrogens with one attached hydrogen (secondary N) is 1. The molecular weight excluding hydrogens is 354 g/mol. The van der Waals surface area contributed by atoms with Crippen molar-refractivity contribution in [2.24, 2.45) is 0 Å². The zero-order chi connectivity index (χ0) is 20.3. The highest BCUT2D eigenvalue weighted by Gasteiger charge is 2.47. The molecule has 0 spiro atoms. The maximum Gasteiger partial charge on any atom is 0.303 e. The lowest BCUT2D eigenvalue weighted by Crippen LogP contribution is -2.59. The smallest absolute Gasteiger partial charge is 0.303 e. The van der Waals surface area contributed by atoms with Crippen LogP contribution in [0.15, 0.2) is 12.2 Å². The summed E-state index contributed by atoms with van der Waals surface area (Å²) in [5.74, 6) is -1.31. The van der Waals surface area contributed by atoms with Gasteiger partial charge >= 0.3 is 11.9 Å². The third-order valence-electron chi connectivity index (χ3n) is 4.72. The summed E-state index contributed by atoms with van der Waals surface area (Å²) < 4.78 is 17.3. The van der Waals surface area contributed by atoms with Crippen LogP contribution in [0.2, 0.25) is 18.1 Å². The highest BCUT2D eigenvalue weighted by molar-refractivity contribution is 6.74. The lowest BCUT2D eigenvalue weighted by atomic mass is 9.93. The van der Waals surface area contributed by atoms with Crippen LogP contribution in [0.4, 0.5) is 0 Å². The molecular formula is C18H31NO6Si. The Morgan fingerprint density at radius 3 is 1.85 bits per heavy atom. The molecule has 0 aliphatic heterocycles. The Kier molecular flexibility index (Phi) is 7.18. The minimum absolute atomic E-state index is 0.0486. The van der Waals surface area contributed by atoms with Gasteiger partial charge in [0.15, 0.2) is 20.5 Å². The topological polar surface area (TPSA) is 90.9 Å². The van der Waals surface area contributed by atoms with Crippen molar-refractivity contribution < 1.29 is 28.3 Å². The molecule has 0 bridgehead atoms. The second-order valence-corrected chi connectivity index (χ2v) is 12.9. The van der Waals surface area contributed by atoms with E-state index < -0.39 is 44.6 Å². The van der Waals surface area contributed by atoms with E-state index in [2.05, 4.69) is 39.2 Å². The van der Waals surface area contributed by atoms with Crippen molar-refractivity contribution in [1.29, 1.82) is 0 Å². The zero-order valence-corrected chi connectivity index (χ0v) is 17.9. The van der Waals surface area contributed by atoms with Crippen molar-refractivity contribution in [3.63, 3.8) is 0 Å². The maximum absolute atomic E-state index is 11.7. The molecule has 4 atom stereocenters. The van der Waals surface area contributed by atoms with Crippen LogP contribution < -0.4 is 5.32 Å². The van der Waals surface area contributed by atoms with E-state index in [0.29, 0.717) is 0 Å². The molecule has 1 rings (SSSR count). The second-order valence-electron chi connectivity index (χ2n) is 8.10. The number of hydrogen-bond acceptors (Lipinski definition) is 6. The van der Waals surface area contributed by atoms with Gasteiger partial charge in [-0.2, -0.15) is 0 Å². The molecule has 1 aliphatic rings. The van der Waals surface area contributed by atoms with Crippen molar-refractivity contribution in [1.82, 2.24) is 5.32 Å². The summed E-state index contributed by atoms with van der Waals surface area (Å²) >= 11 is 0. The summed E-state index contributed by atoms with van der Waals surface area (Å²) in [6.45, 7) is 14.4. The largest absolute Gasteiger partial charge is 0.456 e. The molecule has 0 aromatic rings. The number of carbonyl (C=O) groups is 3. The Labute approximate surface area is 156 Å². The fourth-order valence-electron chi connectivity index (χ4n) is 2.49. The molecule has 0 fully saturated rings. The standard InChI is InChI=1S/C18H31NO6Si/c1-11(20)19-14-9-10-15(25-26(7,8)18(4,5)6)17(24-13(3)22)16(14)23-12(2)21/h9-10,14-17H,1-8H3,(H,19,20)/t14-,15+,16+,17-/m0/s1. The Hall–Kier alpha value is -1.67. The molecule has 1 aliphatic carbocycles. The van der Waals surface area contributed by atoms with Crippen molar-refractivity contribution in [3.8, 4) is 0 Å². The molecule has 0 radical (unpaired) electrons. The Morgan fingerprint density at radius 2 is 1.42 bits per heavy atom. The Morgan fingerprint density at radius 1 is 0.923 bits per heavy atom. The maximum atomic E-state index is 11.7. The third-order valence-corrected chi connectivity index (χ3v) is 9.19.